The molecule has 1 atom stereocenters. The average molecular weight is 271 g/mol. The van der Waals surface area contributed by atoms with Gasteiger partial charge in [0, 0.05) is 12.4 Å². The molecule has 0 bridgehead atoms. The molecule has 2 rings (SSSR count). The fourth-order valence-corrected chi connectivity index (χ4v) is 2.30. The first kappa shape index (κ1) is 14.4. The van der Waals surface area contributed by atoms with Crippen LogP contribution in [0.5, 0.6) is 0 Å². The largest absolute Gasteiger partial charge is 0.469 e. The van der Waals surface area contributed by atoms with Gasteiger partial charge in [0.25, 0.3) is 0 Å². The molecule has 2 aromatic rings. The van der Waals surface area contributed by atoms with E-state index in [0.717, 1.165) is 5.56 Å². The van der Waals surface area contributed by atoms with Gasteiger partial charge in [0.05, 0.1) is 19.6 Å². The average Bonchev–Trinajstić information content (AvgIpc) is 2.98. The minimum Gasteiger partial charge on any atom is -0.469 e. The third-order valence-electron chi connectivity index (χ3n) is 3.56. The summed E-state index contributed by atoms with van der Waals surface area (Å²) in [6.07, 6.45) is 4.29. The van der Waals surface area contributed by atoms with E-state index in [0.29, 0.717) is 12.3 Å². The smallest absolute Gasteiger partial charge is 0.307 e. The molecule has 3 heteroatoms. The van der Waals surface area contributed by atoms with Crippen molar-refractivity contribution >= 4 is 5.97 Å². The van der Waals surface area contributed by atoms with Crippen LogP contribution in [0.25, 0.3) is 0 Å². The molecular weight excluding hydrogens is 250 g/mol. The van der Waals surface area contributed by atoms with Crippen LogP contribution in [0.15, 0.2) is 48.8 Å². The lowest BCUT2D eigenvalue weighted by Crippen LogP contribution is -2.15. The van der Waals surface area contributed by atoms with Crippen molar-refractivity contribution in [2.75, 3.05) is 7.11 Å². The molecule has 3 nitrogen and oxygen atoms in total. The Hall–Kier alpha value is -2.03. The van der Waals surface area contributed by atoms with Crippen LogP contribution >= 0.6 is 0 Å². The Morgan fingerprint density at radius 2 is 1.65 bits per heavy atom. The highest BCUT2D eigenvalue weighted by molar-refractivity contribution is 5.70. The molecule has 0 saturated heterocycles. The standard InChI is InChI=1S/C17H21NO2/c1-13(2)14-6-8-15(9-7-14)16(12-17(19)20-3)18-10-4-5-11-18/h4-11,13,16H,12H2,1-3H3/t16-/m0/s1. The van der Waals surface area contributed by atoms with Crippen molar-refractivity contribution in [2.45, 2.75) is 32.2 Å². The van der Waals surface area contributed by atoms with Gasteiger partial charge in [0.15, 0.2) is 0 Å². The summed E-state index contributed by atoms with van der Waals surface area (Å²) in [4.78, 5) is 11.6. The zero-order chi connectivity index (χ0) is 14.5. The Kier molecular flexibility index (Phi) is 4.61. The van der Waals surface area contributed by atoms with Gasteiger partial charge in [-0.15, -0.1) is 0 Å². The van der Waals surface area contributed by atoms with Gasteiger partial charge in [-0.25, -0.2) is 0 Å². The van der Waals surface area contributed by atoms with Crippen LogP contribution in [0.4, 0.5) is 0 Å². The second-order valence-corrected chi connectivity index (χ2v) is 5.25. The summed E-state index contributed by atoms with van der Waals surface area (Å²) < 4.78 is 6.85. The minimum atomic E-state index is -0.198. The SMILES string of the molecule is COC(=O)C[C@@H](c1ccc(C(C)C)cc1)n1cccc1. The molecule has 1 aromatic carbocycles. The molecule has 20 heavy (non-hydrogen) atoms. The second-order valence-electron chi connectivity index (χ2n) is 5.25. The molecule has 0 N–H and O–H groups in total. The maximum Gasteiger partial charge on any atom is 0.307 e. The van der Waals surface area contributed by atoms with Gasteiger partial charge in [0.2, 0.25) is 0 Å². The van der Waals surface area contributed by atoms with Crippen molar-refractivity contribution in [1.82, 2.24) is 4.57 Å². The Bertz CT molecular complexity index is 541. The molecule has 0 amide bonds. The number of carbonyl (C=O) groups is 1. The van der Waals surface area contributed by atoms with Crippen molar-refractivity contribution in [3.63, 3.8) is 0 Å². The molecule has 0 fully saturated rings. The van der Waals surface area contributed by atoms with E-state index < -0.39 is 0 Å². The molecule has 0 saturated carbocycles. The number of benzene rings is 1. The zero-order valence-corrected chi connectivity index (χ0v) is 12.2. The molecule has 1 heterocycles. The molecule has 1 aromatic heterocycles. The Morgan fingerprint density at radius 3 is 2.15 bits per heavy atom. The Balaban J connectivity index is 2.28. The van der Waals surface area contributed by atoms with E-state index in [1.807, 2.05) is 29.1 Å². The third-order valence-corrected chi connectivity index (χ3v) is 3.56. The fourth-order valence-electron chi connectivity index (χ4n) is 2.30. The lowest BCUT2D eigenvalue weighted by molar-refractivity contribution is -0.141. The Labute approximate surface area is 120 Å². The molecule has 0 aliphatic heterocycles. The van der Waals surface area contributed by atoms with E-state index >= 15 is 0 Å². The third kappa shape index (κ3) is 3.29. The van der Waals surface area contributed by atoms with Crippen LogP contribution in [-0.4, -0.2) is 17.6 Å². The molecular formula is C17H21NO2. The van der Waals surface area contributed by atoms with Crippen LogP contribution in [0.3, 0.4) is 0 Å². The number of aromatic nitrogens is 1. The highest BCUT2D eigenvalue weighted by Gasteiger charge is 2.17. The van der Waals surface area contributed by atoms with E-state index in [9.17, 15) is 4.79 Å². The first-order chi connectivity index (χ1) is 9.61. The molecule has 0 unspecified atom stereocenters. The minimum absolute atomic E-state index is 0.0151. The monoisotopic (exact) mass is 271 g/mol. The van der Waals surface area contributed by atoms with Crippen LogP contribution in [0, 0.1) is 0 Å². The second kappa shape index (κ2) is 6.42. The van der Waals surface area contributed by atoms with Gasteiger partial charge >= 0.3 is 5.97 Å². The van der Waals surface area contributed by atoms with E-state index in [1.54, 1.807) is 0 Å². The van der Waals surface area contributed by atoms with Gasteiger partial charge in [-0.1, -0.05) is 38.1 Å². The van der Waals surface area contributed by atoms with E-state index in [1.165, 1.54) is 12.7 Å². The van der Waals surface area contributed by atoms with Gasteiger partial charge in [-0.2, -0.15) is 0 Å². The fraction of sp³-hybridized carbons (Fsp3) is 0.353. The zero-order valence-electron chi connectivity index (χ0n) is 12.2. The molecule has 0 spiro atoms. The number of ether oxygens (including phenoxy) is 1. The lowest BCUT2D eigenvalue weighted by Gasteiger charge is -2.19. The van der Waals surface area contributed by atoms with Crippen molar-refractivity contribution in [2.24, 2.45) is 0 Å². The van der Waals surface area contributed by atoms with Gasteiger partial charge < -0.3 is 9.30 Å². The maximum atomic E-state index is 11.6. The summed E-state index contributed by atoms with van der Waals surface area (Å²) in [5.74, 6) is 0.311. The molecule has 0 radical (unpaired) electrons. The highest BCUT2D eigenvalue weighted by atomic mass is 16.5. The predicted molar refractivity (Wildman–Crippen MR) is 79.7 cm³/mol. The number of methoxy groups -OCH3 is 1. The number of esters is 1. The quantitative estimate of drug-likeness (QED) is 0.775. The summed E-state index contributed by atoms with van der Waals surface area (Å²) >= 11 is 0. The van der Waals surface area contributed by atoms with E-state index in [-0.39, 0.29) is 12.0 Å². The van der Waals surface area contributed by atoms with E-state index in [2.05, 4.69) is 38.1 Å². The number of nitrogens with zero attached hydrogens (tertiary/aromatic N) is 1. The van der Waals surface area contributed by atoms with Crippen LogP contribution in [0.1, 0.15) is 43.4 Å². The summed E-state index contributed by atoms with van der Waals surface area (Å²) in [5.41, 5.74) is 2.43. The normalized spacial score (nSPS) is 12.4. The van der Waals surface area contributed by atoms with Gasteiger partial charge in [-0.05, 0) is 29.2 Å². The molecule has 0 aliphatic rings. The summed E-state index contributed by atoms with van der Waals surface area (Å²) in [5, 5.41) is 0. The predicted octanol–water partition coefficient (Wildman–Crippen LogP) is 3.76. The topological polar surface area (TPSA) is 31.2 Å². The molecule has 106 valence electrons. The van der Waals surface area contributed by atoms with Crippen molar-refractivity contribution < 1.29 is 9.53 Å². The first-order valence-corrected chi connectivity index (χ1v) is 6.91. The first-order valence-electron chi connectivity index (χ1n) is 6.91. The summed E-state index contributed by atoms with van der Waals surface area (Å²) in [6, 6.07) is 12.4. The van der Waals surface area contributed by atoms with Gasteiger partial charge in [-0.3, -0.25) is 4.79 Å². The van der Waals surface area contributed by atoms with Crippen molar-refractivity contribution in [3.8, 4) is 0 Å². The van der Waals surface area contributed by atoms with Crippen molar-refractivity contribution in [3.05, 3.63) is 59.9 Å². The maximum absolute atomic E-state index is 11.6. The van der Waals surface area contributed by atoms with Crippen LogP contribution < -0.4 is 0 Å². The number of carbonyl (C=O) groups excluding carboxylic acids is 1. The Morgan fingerprint density at radius 1 is 1.10 bits per heavy atom. The lowest BCUT2D eigenvalue weighted by atomic mass is 9.97. The van der Waals surface area contributed by atoms with Crippen LogP contribution in [0.2, 0.25) is 0 Å². The van der Waals surface area contributed by atoms with Crippen molar-refractivity contribution in [1.29, 1.82) is 0 Å². The summed E-state index contributed by atoms with van der Waals surface area (Å²) in [7, 11) is 1.43. The molecule has 0 aliphatic carbocycles. The highest BCUT2D eigenvalue weighted by Crippen LogP contribution is 2.25. The number of hydrogen-bond acceptors (Lipinski definition) is 2. The number of hydrogen-bond donors (Lipinski definition) is 0. The van der Waals surface area contributed by atoms with Gasteiger partial charge in [0.1, 0.15) is 0 Å². The van der Waals surface area contributed by atoms with E-state index in [4.69, 9.17) is 4.74 Å². The number of rotatable bonds is 5. The van der Waals surface area contributed by atoms with Crippen LogP contribution in [-0.2, 0) is 9.53 Å². The summed E-state index contributed by atoms with van der Waals surface area (Å²) in [6.45, 7) is 4.35.